The Bertz CT molecular complexity index is 637. The summed E-state index contributed by atoms with van der Waals surface area (Å²) in [4.78, 5) is 24.2. The monoisotopic (exact) mass is 331 g/mol. The van der Waals surface area contributed by atoms with Crippen LogP contribution in [0.25, 0.3) is 0 Å². The fraction of sp³-hybridized carbons (Fsp3) is 0.333. The van der Waals surface area contributed by atoms with E-state index in [1.807, 2.05) is 42.6 Å². The maximum atomic E-state index is 11.8. The summed E-state index contributed by atoms with van der Waals surface area (Å²) in [7, 11) is 0. The van der Waals surface area contributed by atoms with Gasteiger partial charge in [-0.2, -0.15) is 0 Å². The molecule has 0 spiro atoms. The number of carbonyl (C=O) groups excluding carboxylic acids is 2. The largest absolute Gasteiger partial charge is 0.494 e. The summed E-state index contributed by atoms with van der Waals surface area (Å²) in [5, 5.41) is 4.68. The van der Waals surface area contributed by atoms with E-state index >= 15 is 0 Å². The molecule has 0 aliphatic heterocycles. The minimum atomic E-state index is -0.0922. The van der Waals surface area contributed by atoms with Crippen LogP contribution in [0.5, 0.6) is 5.75 Å². The number of nitrogens with one attached hydrogen (secondary N) is 1. The third-order valence-corrected chi connectivity index (χ3v) is 4.19. The van der Waals surface area contributed by atoms with Gasteiger partial charge in [0.05, 0.1) is 11.5 Å². The van der Waals surface area contributed by atoms with Crippen molar-refractivity contribution in [1.29, 1.82) is 0 Å². The number of thiophene rings is 1. The Labute approximate surface area is 140 Å². The molecule has 0 bridgehead atoms. The quantitative estimate of drug-likeness (QED) is 0.564. The Balaban J connectivity index is 1.55. The zero-order valence-electron chi connectivity index (χ0n) is 13.2. The van der Waals surface area contributed by atoms with Crippen LogP contribution in [-0.4, -0.2) is 24.8 Å². The fourth-order valence-electron chi connectivity index (χ4n) is 2.07. The second-order valence-corrected chi connectivity index (χ2v) is 6.22. The van der Waals surface area contributed by atoms with E-state index in [2.05, 4.69) is 5.32 Å². The van der Waals surface area contributed by atoms with Gasteiger partial charge >= 0.3 is 0 Å². The van der Waals surface area contributed by atoms with Crippen LogP contribution in [0.4, 0.5) is 0 Å². The molecule has 0 aliphatic rings. The summed E-state index contributed by atoms with van der Waals surface area (Å²) in [5.41, 5.74) is 1.16. The van der Waals surface area contributed by atoms with Gasteiger partial charge in [-0.15, -0.1) is 11.3 Å². The SMILES string of the molecule is Cc1cccc(OCCCNC(=O)CCC(=O)c2cccs2)c1. The number of Topliss-reactive ketones (excluding diaryl/α,β-unsaturated/α-hetero) is 1. The van der Waals surface area contributed by atoms with Gasteiger partial charge in [-0.25, -0.2) is 0 Å². The molecular weight excluding hydrogens is 310 g/mol. The lowest BCUT2D eigenvalue weighted by atomic mass is 10.2. The van der Waals surface area contributed by atoms with Gasteiger partial charge in [-0.3, -0.25) is 9.59 Å². The minimum Gasteiger partial charge on any atom is -0.494 e. The number of carbonyl (C=O) groups is 2. The van der Waals surface area contributed by atoms with E-state index in [0.717, 1.165) is 17.7 Å². The minimum absolute atomic E-state index is 0.0259. The van der Waals surface area contributed by atoms with Crippen molar-refractivity contribution in [3.8, 4) is 5.75 Å². The van der Waals surface area contributed by atoms with Crippen molar-refractivity contribution in [2.75, 3.05) is 13.2 Å². The van der Waals surface area contributed by atoms with Crippen LogP contribution in [0.2, 0.25) is 0 Å². The highest BCUT2D eigenvalue weighted by Gasteiger charge is 2.09. The summed E-state index contributed by atoms with van der Waals surface area (Å²) in [5.74, 6) is 0.779. The average molecular weight is 331 g/mol. The number of hydrogen-bond donors (Lipinski definition) is 1. The Morgan fingerprint density at radius 3 is 2.78 bits per heavy atom. The summed E-state index contributed by atoms with van der Waals surface area (Å²) in [6.07, 6.45) is 1.22. The number of benzene rings is 1. The van der Waals surface area contributed by atoms with Crippen molar-refractivity contribution in [2.24, 2.45) is 0 Å². The van der Waals surface area contributed by atoms with Crippen LogP contribution in [0.3, 0.4) is 0 Å². The van der Waals surface area contributed by atoms with Gasteiger partial charge in [-0.05, 0) is 42.5 Å². The summed E-state index contributed by atoms with van der Waals surface area (Å²) >= 11 is 1.41. The zero-order chi connectivity index (χ0) is 16.5. The molecule has 0 aliphatic carbocycles. The standard InChI is InChI=1S/C18H21NO3S/c1-14-5-2-6-15(13-14)22-11-4-10-19-18(21)9-8-16(20)17-7-3-12-23-17/h2-3,5-7,12-13H,4,8-11H2,1H3,(H,19,21). The number of amides is 1. The molecule has 0 saturated heterocycles. The third kappa shape index (κ3) is 6.24. The number of aryl methyl sites for hydroxylation is 1. The summed E-state index contributed by atoms with van der Waals surface area (Å²) < 4.78 is 5.61. The van der Waals surface area contributed by atoms with E-state index in [9.17, 15) is 9.59 Å². The lowest BCUT2D eigenvalue weighted by Crippen LogP contribution is -2.25. The number of ketones is 1. The van der Waals surface area contributed by atoms with Crippen molar-refractivity contribution >= 4 is 23.0 Å². The molecule has 0 atom stereocenters. The smallest absolute Gasteiger partial charge is 0.220 e. The first-order chi connectivity index (χ1) is 11.1. The molecule has 1 aromatic heterocycles. The topological polar surface area (TPSA) is 55.4 Å². The van der Waals surface area contributed by atoms with E-state index < -0.39 is 0 Å². The normalized spacial score (nSPS) is 10.3. The maximum absolute atomic E-state index is 11.8. The van der Waals surface area contributed by atoms with Crippen molar-refractivity contribution < 1.29 is 14.3 Å². The second kappa shape index (κ2) is 9.10. The van der Waals surface area contributed by atoms with E-state index in [1.54, 1.807) is 6.07 Å². The molecule has 4 nitrogen and oxygen atoms in total. The first-order valence-corrected chi connectivity index (χ1v) is 8.56. The van der Waals surface area contributed by atoms with E-state index in [4.69, 9.17) is 4.74 Å². The molecule has 0 radical (unpaired) electrons. The fourth-order valence-corrected chi connectivity index (χ4v) is 2.77. The maximum Gasteiger partial charge on any atom is 0.220 e. The van der Waals surface area contributed by atoms with Crippen LogP contribution in [-0.2, 0) is 4.79 Å². The van der Waals surface area contributed by atoms with Gasteiger partial charge in [0.1, 0.15) is 5.75 Å². The van der Waals surface area contributed by atoms with Crippen LogP contribution < -0.4 is 10.1 Å². The molecule has 1 amide bonds. The number of ether oxygens (including phenoxy) is 1. The Morgan fingerprint density at radius 1 is 1.17 bits per heavy atom. The molecule has 0 saturated carbocycles. The van der Waals surface area contributed by atoms with Gasteiger partial charge in [0, 0.05) is 19.4 Å². The highest BCUT2D eigenvalue weighted by Crippen LogP contribution is 2.13. The highest BCUT2D eigenvalue weighted by molar-refractivity contribution is 7.12. The second-order valence-electron chi connectivity index (χ2n) is 5.27. The van der Waals surface area contributed by atoms with Crippen LogP contribution in [0, 0.1) is 6.92 Å². The van der Waals surface area contributed by atoms with E-state index in [-0.39, 0.29) is 24.5 Å². The lowest BCUT2D eigenvalue weighted by molar-refractivity contribution is -0.121. The first-order valence-electron chi connectivity index (χ1n) is 7.68. The predicted octanol–water partition coefficient (Wildman–Crippen LogP) is 3.60. The van der Waals surface area contributed by atoms with Gasteiger partial charge in [0.15, 0.2) is 5.78 Å². The molecule has 1 aromatic carbocycles. The highest BCUT2D eigenvalue weighted by atomic mass is 32.1. The molecule has 0 unspecified atom stereocenters. The zero-order valence-corrected chi connectivity index (χ0v) is 14.0. The van der Waals surface area contributed by atoms with Gasteiger partial charge < -0.3 is 10.1 Å². The Hall–Kier alpha value is -2.14. The predicted molar refractivity (Wildman–Crippen MR) is 92.2 cm³/mol. The van der Waals surface area contributed by atoms with Gasteiger partial charge in [0.2, 0.25) is 5.91 Å². The molecule has 2 aromatic rings. The van der Waals surface area contributed by atoms with Crippen molar-refractivity contribution in [3.05, 3.63) is 52.2 Å². The molecule has 1 heterocycles. The third-order valence-electron chi connectivity index (χ3n) is 3.28. The lowest BCUT2D eigenvalue weighted by Gasteiger charge is -2.08. The molecule has 0 fully saturated rings. The van der Waals surface area contributed by atoms with Crippen molar-refractivity contribution in [1.82, 2.24) is 5.32 Å². The van der Waals surface area contributed by atoms with Crippen molar-refractivity contribution in [3.63, 3.8) is 0 Å². The summed E-state index contributed by atoms with van der Waals surface area (Å²) in [6, 6.07) is 11.5. The van der Waals surface area contributed by atoms with E-state index in [0.29, 0.717) is 18.0 Å². The molecular formula is C18H21NO3S. The number of hydrogen-bond acceptors (Lipinski definition) is 4. The van der Waals surface area contributed by atoms with Gasteiger partial charge in [-0.1, -0.05) is 18.2 Å². The average Bonchev–Trinajstić information content (AvgIpc) is 3.07. The Kier molecular flexibility index (Phi) is 6.81. The van der Waals surface area contributed by atoms with Crippen molar-refractivity contribution in [2.45, 2.75) is 26.2 Å². The molecule has 1 N–H and O–H groups in total. The first kappa shape index (κ1) is 17.2. The van der Waals surface area contributed by atoms with E-state index in [1.165, 1.54) is 11.3 Å². The molecule has 23 heavy (non-hydrogen) atoms. The number of rotatable bonds is 9. The summed E-state index contributed by atoms with van der Waals surface area (Å²) in [6.45, 7) is 3.13. The van der Waals surface area contributed by atoms with Crippen LogP contribution >= 0.6 is 11.3 Å². The van der Waals surface area contributed by atoms with Crippen LogP contribution in [0.1, 0.15) is 34.5 Å². The van der Waals surface area contributed by atoms with Gasteiger partial charge in [0.25, 0.3) is 0 Å². The molecule has 2 rings (SSSR count). The molecule has 5 heteroatoms. The molecule has 122 valence electrons. The van der Waals surface area contributed by atoms with Crippen LogP contribution in [0.15, 0.2) is 41.8 Å². The Morgan fingerprint density at radius 2 is 2.04 bits per heavy atom.